The molecule has 2 amide bonds. The molecule has 0 saturated heterocycles. The maximum atomic E-state index is 13.8. The van der Waals surface area contributed by atoms with Crippen LogP contribution >= 0.6 is 0 Å². The molecular weight excluding hydrogens is 478 g/mol. The summed E-state index contributed by atoms with van der Waals surface area (Å²) in [5.41, 5.74) is 2.97. The first-order valence-corrected chi connectivity index (χ1v) is 14.0. The Morgan fingerprint density at radius 1 is 1.03 bits per heavy atom. The second-order valence-electron chi connectivity index (χ2n) is 9.23. The summed E-state index contributed by atoms with van der Waals surface area (Å²) in [4.78, 5) is 28.4. The van der Waals surface area contributed by atoms with E-state index < -0.39 is 28.5 Å². The van der Waals surface area contributed by atoms with E-state index in [1.54, 1.807) is 31.4 Å². The number of hydrogen-bond acceptors (Lipinski definition) is 5. The van der Waals surface area contributed by atoms with Gasteiger partial charge in [0.25, 0.3) is 0 Å². The van der Waals surface area contributed by atoms with Crippen molar-refractivity contribution < 1.29 is 22.7 Å². The summed E-state index contributed by atoms with van der Waals surface area (Å²) < 4.78 is 32.0. The molecule has 0 fully saturated rings. The van der Waals surface area contributed by atoms with Crippen LogP contribution in [0.2, 0.25) is 0 Å². The van der Waals surface area contributed by atoms with Crippen molar-refractivity contribution in [2.75, 3.05) is 24.2 Å². The molecule has 0 saturated carbocycles. The standard InChI is InChI=1S/C27H39N3O5S/c1-8-21(5)28-27(32)25(9-2)29(17-22-11-10-12-24(16-22)35-6)26(31)18-30(36(7,33)34)23-14-19(3)13-20(4)15-23/h10-16,21,25H,8-9,17-18H2,1-7H3,(H,28,32)/t21-,25-/m0/s1. The van der Waals surface area contributed by atoms with Crippen LogP contribution in [-0.4, -0.2) is 57.1 Å². The summed E-state index contributed by atoms with van der Waals surface area (Å²) >= 11 is 0. The van der Waals surface area contributed by atoms with Gasteiger partial charge in [0.15, 0.2) is 0 Å². The van der Waals surface area contributed by atoms with E-state index in [0.29, 0.717) is 17.9 Å². The second-order valence-corrected chi connectivity index (χ2v) is 11.1. The summed E-state index contributed by atoms with van der Waals surface area (Å²) in [7, 11) is -2.21. The van der Waals surface area contributed by atoms with Gasteiger partial charge in [0.05, 0.1) is 19.1 Å². The van der Waals surface area contributed by atoms with Crippen molar-refractivity contribution in [2.24, 2.45) is 0 Å². The lowest BCUT2D eigenvalue weighted by Gasteiger charge is -2.33. The van der Waals surface area contributed by atoms with Gasteiger partial charge in [-0.2, -0.15) is 0 Å². The SMILES string of the molecule is CC[C@H](C)NC(=O)[C@H](CC)N(Cc1cccc(OC)c1)C(=O)CN(c1cc(C)cc(C)c1)S(C)(=O)=O. The molecule has 2 aromatic carbocycles. The van der Waals surface area contributed by atoms with Gasteiger partial charge in [-0.15, -0.1) is 0 Å². The third-order valence-corrected chi connectivity index (χ3v) is 7.19. The average molecular weight is 518 g/mol. The van der Waals surface area contributed by atoms with Crippen molar-refractivity contribution in [2.45, 2.75) is 66.1 Å². The molecular formula is C27H39N3O5S. The topological polar surface area (TPSA) is 96.0 Å². The largest absolute Gasteiger partial charge is 0.497 e. The van der Waals surface area contributed by atoms with Crippen LogP contribution < -0.4 is 14.4 Å². The van der Waals surface area contributed by atoms with E-state index in [1.165, 1.54) is 4.90 Å². The second kappa shape index (κ2) is 12.8. The van der Waals surface area contributed by atoms with Gasteiger partial charge < -0.3 is 15.0 Å². The predicted molar refractivity (Wildman–Crippen MR) is 144 cm³/mol. The highest BCUT2D eigenvalue weighted by Gasteiger charge is 2.32. The van der Waals surface area contributed by atoms with E-state index in [2.05, 4.69) is 5.32 Å². The van der Waals surface area contributed by atoms with Crippen LogP contribution in [0.15, 0.2) is 42.5 Å². The van der Waals surface area contributed by atoms with Crippen molar-refractivity contribution in [3.63, 3.8) is 0 Å². The van der Waals surface area contributed by atoms with Crippen LogP contribution in [0.1, 0.15) is 50.3 Å². The quantitative estimate of drug-likeness (QED) is 0.462. The zero-order valence-electron chi connectivity index (χ0n) is 22.4. The van der Waals surface area contributed by atoms with Gasteiger partial charge in [-0.1, -0.05) is 32.0 Å². The first-order valence-electron chi connectivity index (χ1n) is 12.2. The lowest BCUT2D eigenvalue weighted by molar-refractivity contribution is -0.140. The van der Waals surface area contributed by atoms with E-state index in [4.69, 9.17) is 4.74 Å². The van der Waals surface area contributed by atoms with E-state index >= 15 is 0 Å². The van der Waals surface area contributed by atoms with Gasteiger partial charge >= 0.3 is 0 Å². The van der Waals surface area contributed by atoms with Crippen LogP contribution in [0.5, 0.6) is 5.75 Å². The molecule has 0 spiro atoms. The van der Waals surface area contributed by atoms with Crippen LogP contribution in [0.3, 0.4) is 0 Å². The molecule has 0 aromatic heterocycles. The molecule has 2 atom stereocenters. The number of benzene rings is 2. The predicted octanol–water partition coefficient (Wildman–Crippen LogP) is 3.80. The number of carbonyl (C=O) groups is 2. The number of carbonyl (C=O) groups excluding carboxylic acids is 2. The summed E-state index contributed by atoms with van der Waals surface area (Å²) in [5, 5.41) is 2.97. The van der Waals surface area contributed by atoms with E-state index in [-0.39, 0.29) is 18.5 Å². The molecule has 0 aliphatic rings. The molecule has 0 radical (unpaired) electrons. The van der Waals surface area contributed by atoms with E-state index in [0.717, 1.165) is 33.7 Å². The number of nitrogens with zero attached hydrogens (tertiary/aromatic N) is 2. The molecule has 0 unspecified atom stereocenters. The van der Waals surface area contributed by atoms with Crippen molar-refractivity contribution in [3.8, 4) is 5.75 Å². The molecule has 2 rings (SSSR count). The molecule has 8 nitrogen and oxygen atoms in total. The fourth-order valence-corrected chi connectivity index (χ4v) is 4.87. The molecule has 36 heavy (non-hydrogen) atoms. The van der Waals surface area contributed by atoms with Gasteiger partial charge in [-0.25, -0.2) is 8.42 Å². The Morgan fingerprint density at radius 2 is 1.67 bits per heavy atom. The number of anilines is 1. The number of sulfonamides is 1. The highest BCUT2D eigenvalue weighted by atomic mass is 32.2. The number of methoxy groups -OCH3 is 1. The Kier molecular flexibility index (Phi) is 10.3. The maximum absolute atomic E-state index is 13.8. The Hall–Kier alpha value is -3.07. The lowest BCUT2D eigenvalue weighted by atomic mass is 10.1. The third-order valence-electron chi connectivity index (χ3n) is 6.05. The fourth-order valence-electron chi connectivity index (χ4n) is 4.04. The Bertz CT molecular complexity index is 1150. The molecule has 0 bridgehead atoms. The Morgan fingerprint density at radius 3 is 2.19 bits per heavy atom. The van der Waals surface area contributed by atoms with Gasteiger partial charge in [-0.3, -0.25) is 13.9 Å². The molecule has 0 heterocycles. The molecule has 9 heteroatoms. The molecule has 0 aliphatic heterocycles. The highest BCUT2D eigenvalue weighted by Crippen LogP contribution is 2.23. The van der Waals surface area contributed by atoms with Crippen molar-refractivity contribution in [1.82, 2.24) is 10.2 Å². The summed E-state index contributed by atoms with van der Waals surface area (Å²) in [6.07, 6.45) is 2.21. The number of nitrogens with one attached hydrogen (secondary N) is 1. The first-order chi connectivity index (χ1) is 16.9. The zero-order valence-corrected chi connectivity index (χ0v) is 23.2. The van der Waals surface area contributed by atoms with Crippen molar-refractivity contribution in [3.05, 3.63) is 59.2 Å². The van der Waals surface area contributed by atoms with E-state index in [9.17, 15) is 18.0 Å². The van der Waals surface area contributed by atoms with Gasteiger partial charge in [-0.05, 0) is 74.6 Å². The fraction of sp³-hybridized carbons (Fsp3) is 0.481. The van der Waals surface area contributed by atoms with E-state index in [1.807, 2.05) is 52.8 Å². The number of aryl methyl sites for hydroxylation is 2. The summed E-state index contributed by atoms with van der Waals surface area (Å²) in [6, 6.07) is 11.9. The smallest absolute Gasteiger partial charge is 0.244 e. The number of ether oxygens (including phenoxy) is 1. The van der Waals surface area contributed by atoms with Gasteiger partial charge in [0.1, 0.15) is 18.3 Å². The zero-order chi connectivity index (χ0) is 27.0. The number of hydrogen-bond donors (Lipinski definition) is 1. The minimum Gasteiger partial charge on any atom is -0.497 e. The Balaban J connectivity index is 2.49. The summed E-state index contributed by atoms with van der Waals surface area (Å²) in [5.74, 6) is -0.0982. The van der Waals surface area contributed by atoms with Crippen molar-refractivity contribution >= 4 is 27.5 Å². The lowest BCUT2D eigenvalue weighted by Crippen LogP contribution is -2.53. The van der Waals surface area contributed by atoms with Gasteiger partial charge in [0, 0.05) is 12.6 Å². The van der Waals surface area contributed by atoms with Crippen molar-refractivity contribution in [1.29, 1.82) is 0 Å². The molecule has 1 N–H and O–H groups in total. The minimum atomic E-state index is -3.77. The van der Waals surface area contributed by atoms with Crippen LogP contribution in [-0.2, 0) is 26.2 Å². The van der Waals surface area contributed by atoms with Crippen LogP contribution in [0, 0.1) is 13.8 Å². The van der Waals surface area contributed by atoms with Crippen LogP contribution in [0.25, 0.3) is 0 Å². The molecule has 0 aliphatic carbocycles. The normalized spacial score (nSPS) is 13.0. The first kappa shape index (κ1) is 29.2. The number of amides is 2. The highest BCUT2D eigenvalue weighted by molar-refractivity contribution is 7.92. The average Bonchev–Trinajstić information content (AvgIpc) is 2.80. The molecule has 2 aromatic rings. The summed E-state index contributed by atoms with van der Waals surface area (Å²) in [6.45, 7) is 9.18. The van der Waals surface area contributed by atoms with Gasteiger partial charge in [0.2, 0.25) is 21.8 Å². The maximum Gasteiger partial charge on any atom is 0.244 e. The Labute approximate surface area is 215 Å². The number of rotatable bonds is 12. The van der Waals surface area contributed by atoms with Crippen LogP contribution in [0.4, 0.5) is 5.69 Å². The monoisotopic (exact) mass is 517 g/mol. The minimum absolute atomic E-state index is 0.0527. The molecule has 198 valence electrons. The third kappa shape index (κ3) is 7.98.